The molecule has 0 aliphatic heterocycles. The number of benzene rings is 1. The zero-order chi connectivity index (χ0) is 22.4. The van der Waals surface area contributed by atoms with E-state index in [4.69, 9.17) is 28.2 Å². The van der Waals surface area contributed by atoms with Gasteiger partial charge in [0.15, 0.2) is 5.16 Å². The van der Waals surface area contributed by atoms with Crippen molar-refractivity contribution in [3.05, 3.63) is 96.1 Å². The number of aromatic nitrogens is 4. The van der Waals surface area contributed by atoms with Gasteiger partial charge in [-0.25, -0.2) is 9.97 Å². The minimum atomic E-state index is -0.222. The first-order valence-corrected chi connectivity index (χ1v) is 12.1. The molecule has 5 aromatic rings. The first kappa shape index (κ1) is 21.2. The average Bonchev–Trinajstić information content (AvgIpc) is 3.24. The van der Waals surface area contributed by atoms with E-state index >= 15 is 0 Å². The molecular weight excluding hydrogens is 487 g/mol. The van der Waals surface area contributed by atoms with Gasteiger partial charge in [0.05, 0.1) is 21.9 Å². The monoisotopic (exact) mass is 500 g/mol. The molecule has 4 heterocycles. The van der Waals surface area contributed by atoms with Gasteiger partial charge in [0, 0.05) is 23.0 Å². The smallest absolute Gasteiger partial charge is 0.269 e. The van der Waals surface area contributed by atoms with Crippen molar-refractivity contribution < 1.29 is 0 Å². The SMILES string of the molecule is Cc1cc(-n2c(SCc3cc(=O)n4cc(Cl)ccc4n3)nc3ccsc3c2=O)ccc1Cl. The van der Waals surface area contributed by atoms with Crippen molar-refractivity contribution in [3.8, 4) is 5.69 Å². The molecule has 1 aromatic carbocycles. The fourth-order valence-electron chi connectivity index (χ4n) is 3.32. The Morgan fingerprint density at radius 2 is 1.91 bits per heavy atom. The van der Waals surface area contributed by atoms with Gasteiger partial charge in [-0.1, -0.05) is 35.0 Å². The molecule has 0 aliphatic carbocycles. The number of fused-ring (bicyclic) bond motifs is 2. The lowest BCUT2D eigenvalue weighted by Gasteiger charge is -2.13. The van der Waals surface area contributed by atoms with E-state index in [1.807, 2.05) is 24.4 Å². The van der Waals surface area contributed by atoms with E-state index < -0.39 is 0 Å². The van der Waals surface area contributed by atoms with Crippen molar-refractivity contribution in [1.29, 1.82) is 0 Å². The van der Waals surface area contributed by atoms with E-state index in [1.165, 1.54) is 39.8 Å². The summed E-state index contributed by atoms with van der Waals surface area (Å²) in [4.78, 5) is 35.0. The lowest BCUT2D eigenvalue weighted by atomic mass is 10.2. The highest BCUT2D eigenvalue weighted by atomic mass is 35.5. The van der Waals surface area contributed by atoms with Crippen LogP contribution in [-0.2, 0) is 5.75 Å². The van der Waals surface area contributed by atoms with E-state index in [1.54, 1.807) is 28.8 Å². The van der Waals surface area contributed by atoms with Gasteiger partial charge in [-0.3, -0.25) is 18.6 Å². The summed E-state index contributed by atoms with van der Waals surface area (Å²) in [6.45, 7) is 1.89. The van der Waals surface area contributed by atoms with Crippen molar-refractivity contribution in [2.75, 3.05) is 0 Å². The second kappa shape index (κ2) is 8.37. The van der Waals surface area contributed by atoms with Crippen LogP contribution in [0.4, 0.5) is 0 Å². The summed E-state index contributed by atoms with van der Waals surface area (Å²) in [7, 11) is 0. The van der Waals surface area contributed by atoms with Gasteiger partial charge in [-0.2, -0.15) is 0 Å². The van der Waals surface area contributed by atoms with Crippen molar-refractivity contribution in [2.24, 2.45) is 0 Å². The lowest BCUT2D eigenvalue weighted by Crippen LogP contribution is -2.21. The number of hydrogen-bond donors (Lipinski definition) is 0. The molecule has 4 aromatic heterocycles. The summed E-state index contributed by atoms with van der Waals surface area (Å²) in [6, 6.07) is 12.1. The molecule has 0 saturated heterocycles. The zero-order valence-electron chi connectivity index (χ0n) is 16.6. The van der Waals surface area contributed by atoms with Crippen LogP contribution in [0.25, 0.3) is 21.6 Å². The highest BCUT2D eigenvalue weighted by Gasteiger charge is 2.16. The van der Waals surface area contributed by atoms with Crippen molar-refractivity contribution in [1.82, 2.24) is 18.9 Å². The molecule has 6 nitrogen and oxygen atoms in total. The van der Waals surface area contributed by atoms with E-state index in [-0.39, 0.29) is 11.1 Å². The summed E-state index contributed by atoms with van der Waals surface area (Å²) in [5, 5.41) is 3.45. The predicted octanol–water partition coefficient (Wildman–Crippen LogP) is 5.36. The van der Waals surface area contributed by atoms with Crippen LogP contribution in [0.2, 0.25) is 10.0 Å². The van der Waals surface area contributed by atoms with E-state index in [9.17, 15) is 9.59 Å². The molecule has 160 valence electrons. The third kappa shape index (κ3) is 3.84. The van der Waals surface area contributed by atoms with Gasteiger partial charge < -0.3 is 0 Å². The molecule has 0 radical (unpaired) electrons. The fourth-order valence-corrected chi connectivity index (χ4v) is 5.27. The van der Waals surface area contributed by atoms with E-state index in [2.05, 4.69) is 4.98 Å². The molecule has 0 saturated carbocycles. The third-order valence-corrected chi connectivity index (χ3v) is 7.39. The summed E-state index contributed by atoms with van der Waals surface area (Å²) in [6.07, 6.45) is 1.54. The first-order valence-electron chi connectivity index (χ1n) is 9.48. The van der Waals surface area contributed by atoms with E-state index in [0.717, 1.165) is 5.56 Å². The Balaban J connectivity index is 1.59. The Labute approximate surface area is 200 Å². The molecular formula is C22H14Cl2N4O2S2. The number of thioether (sulfide) groups is 1. The molecule has 0 spiro atoms. The maximum atomic E-state index is 13.3. The van der Waals surface area contributed by atoms with E-state index in [0.29, 0.717) is 48.2 Å². The summed E-state index contributed by atoms with van der Waals surface area (Å²) >= 11 is 14.9. The van der Waals surface area contributed by atoms with Crippen LogP contribution in [0.15, 0.2) is 68.8 Å². The molecule has 10 heteroatoms. The van der Waals surface area contributed by atoms with Crippen molar-refractivity contribution in [3.63, 3.8) is 0 Å². The van der Waals surface area contributed by atoms with Gasteiger partial charge >= 0.3 is 0 Å². The topological polar surface area (TPSA) is 69.3 Å². The van der Waals surface area contributed by atoms with Gasteiger partial charge in [0.2, 0.25) is 0 Å². The van der Waals surface area contributed by atoms with Crippen molar-refractivity contribution in [2.45, 2.75) is 17.8 Å². The number of hydrogen-bond acceptors (Lipinski definition) is 6. The van der Waals surface area contributed by atoms with Gasteiger partial charge in [0.25, 0.3) is 11.1 Å². The Morgan fingerprint density at radius 1 is 1.06 bits per heavy atom. The average molecular weight is 501 g/mol. The molecule has 32 heavy (non-hydrogen) atoms. The number of aryl methyl sites for hydroxylation is 1. The predicted molar refractivity (Wildman–Crippen MR) is 131 cm³/mol. The van der Waals surface area contributed by atoms with Crippen LogP contribution < -0.4 is 11.1 Å². The minimum Gasteiger partial charge on any atom is -0.269 e. The van der Waals surface area contributed by atoms with Crippen LogP contribution in [0.1, 0.15) is 11.3 Å². The molecule has 0 amide bonds. The highest BCUT2D eigenvalue weighted by Crippen LogP contribution is 2.27. The summed E-state index contributed by atoms with van der Waals surface area (Å²) in [5.41, 5.74) is 2.91. The first-order chi connectivity index (χ1) is 15.4. The van der Waals surface area contributed by atoms with Gasteiger partial charge in [-0.15, -0.1) is 11.3 Å². The van der Waals surface area contributed by atoms with Crippen molar-refractivity contribution >= 4 is 62.2 Å². The van der Waals surface area contributed by atoms with Gasteiger partial charge in [0.1, 0.15) is 10.3 Å². The highest BCUT2D eigenvalue weighted by molar-refractivity contribution is 7.98. The maximum absolute atomic E-state index is 13.3. The Kier molecular flexibility index (Phi) is 5.54. The Bertz CT molecular complexity index is 1620. The standard InChI is InChI=1S/C22H14Cl2N4O2S2/c1-12-8-15(3-4-16(12)24)28-21(30)20-17(6-7-31-20)26-22(28)32-11-14-9-19(29)27-10-13(23)2-5-18(27)25-14/h2-10H,11H2,1H3. The van der Waals surface area contributed by atoms with Crippen LogP contribution >= 0.6 is 46.3 Å². The molecule has 0 atom stereocenters. The molecule has 0 fully saturated rings. The summed E-state index contributed by atoms with van der Waals surface area (Å²) in [5.74, 6) is 0.364. The maximum Gasteiger partial charge on any atom is 0.276 e. The molecule has 0 bridgehead atoms. The number of halogens is 2. The normalized spacial score (nSPS) is 11.5. The van der Waals surface area contributed by atoms with Crippen LogP contribution in [-0.4, -0.2) is 18.9 Å². The quantitative estimate of drug-likeness (QED) is 0.245. The fraction of sp³-hybridized carbons (Fsp3) is 0.0909. The Morgan fingerprint density at radius 3 is 2.72 bits per heavy atom. The van der Waals surface area contributed by atoms with Gasteiger partial charge in [-0.05, 0) is 54.3 Å². The molecule has 0 N–H and O–H groups in total. The number of thiophene rings is 1. The zero-order valence-corrected chi connectivity index (χ0v) is 19.7. The lowest BCUT2D eigenvalue weighted by molar-refractivity contribution is 0.820. The van der Waals surface area contributed by atoms with Crippen LogP contribution in [0.5, 0.6) is 0 Å². The number of rotatable bonds is 4. The second-order valence-electron chi connectivity index (χ2n) is 7.05. The molecule has 5 rings (SSSR count). The largest absolute Gasteiger partial charge is 0.276 e. The summed E-state index contributed by atoms with van der Waals surface area (Å²) < 4.78 is 3.57. The second-order valence-corrected chi connectivity index (χ2v) is 9.76. The number of nitrogens with zero attached hydrogens (tertiary/aromatic N) is 4. The Hall–Kier alpha value is -2.65. The third-order valence-electron chi connectivity index (χ3n) is 4.87. The van der Waals surface area contributed by atoms with Crippen LogP contribution in [0.3, 0.4) is 0 Å². The number of pyridine rings is 1. The molecule has 0 unspecified atom stereocenters. The van der Waals surface area contributed by atoms with Crippen LogP contribution in [0, 0.1) is 6.92 Å². The minimum absolute atomic E-state index is 0.143. The molecule has 0 aliphatic rings.